The third-order valence-electron chi connectivity index (χ3n) is 1.44. The minimum absolute atomic E-state index is 0.0420. The van der Waals surface area contributed by atoms with Gasteiger partial charge >= 0.3 is 11.9 Å². The third kappa shape index (κ3) is 0.953. The number of rotatable bonds is 0. The van der Waals surface area contributed by atoms with Crippen molar-refractivity contribution in [3.05, 3.63) is 15.9 Å². The van der Waals surface area contributed by atoms with Crippen LogP contribution in [0, 0.1) is 0 Å². The summed E-state index contributed by atoms with van der Waals surface area (Å²) >= 11 is 3.00. The number of hydrogen-bond acceptors (Lipinski definition) is 5. The van der Waals surface area contributed by atoms with Gasteiger partial charge in [-0.05, 0) is 15.9 Å². The molecule has 2 heterocycles. The number of fused-ring (bicyclic) bond motifs is 1. The highest BCUT2D eigenvalue weighted by Gasteiger charge is 2.31. The Morgan fingerprint density at radius 1 is 1.42 bits per heavy atom. The van der Waals surface area contributed by atoms with Crippen molar-refractivity contribution >= 4 is 27.9 Å². The molecule has 0 saturated carbocycles. The summed E-state index contributed by atoms with van der Waals surface area (Å²) < 4.78 is 9.33. The zero-order valence-electron chi connectivity index (χ0n) is 5.67. The maximum Gasteiger partial charge on any atom is 0.352 e. The molecule has 0 amide bonds. The normalized spacial score (nSPS) is 15.8. The van der Waals surface area contributed by atoms with Crippen LogP contribution in [0.2, 0.25) is 0 Å². The van der Waals surface area contributed by atoms with Crippen LogP contribution >= 0.6 is 15.9 Å². The average Bonchev–Trinajstić information content (AvgIpc) is 2.31. The summed E-state index contributed by atoms with van der Waals surface area (Å²) in [6.45, 7) is 0. The molecule has 0 saturated heterocycles. The Labute approximate surface area is 74.8 Å². The molecule has 1 aliphatic rings. The molecule has 62 valence electrons. The molecule has 2 rings (SSSR count). The van der Waals surface area contributed by atoms with Crippen molar-refractivity contribution in [2.45, 2.75) is 6.42 Å². The van der Waals surface area contributed by atoms with Gasteiger partial charge in [0.2, 0.25) is 0 Å². The Hall–Kier alpha value is -1.17. The molecule has 0 fully saturated rings. The average molecular weight is 232 g/mol. The third-order valence-corrected chi connectivity index (χ3v) is 1.98. The molecular weight excluding hydrogens is 230 g/mol. The summed E-state index contributed by atoms with van der Waals surface area (Å²) in [5, 5.41) is 3.47. The van der Waals surface area contributed by atoms with Crippen molar-refractivity contribution in [2.24, 2.45) is 0 Å². The lowest BCUT2D eigenvalue weighted by atomic mass is 10.2. The summed E-state index contributed by atoms with van der Waals surface area (Å²) in [6, 6.07) is 0. The van der Waals surface area contributed by atoms with E-state index in [9.17, 15) is 9.59 Å². The van der Waals surface area contributed by atoms with Crippen molar-refractivity contribution in [1.29, 1.82) is 0 Å². The zero-order chi connectivity index (χ0) is 8.72. The Morgan fingerprint density at radius 3 is 2.92 bits per heavy atom. The predicted octanol–water partition coefficient (Wildman–Crippen LogP) is 0.677. The standard InChI is InChI=1S/C6H2BrNO4/c7-5-4-2(12-8-5)1-3(9)11-6(4)10/h1H2. The van der Waals surface area contributed by atoms with E-state index in [1.54, 1.807) is 0 Å². The fourth-order valence-electron chi connectivity index (χ4n) is 0.942. The summed E-state index contributed by atoms with van der Waals surface area (Å²) in [6.07, 6.45) is -0.0420. The van der Waals surface area contributed by atoms with Gasteiger partial charge in [0.1, 0.15) is 12.0 Å². The summed E-state index contributed by atoms with van der Waals surface area (Å²) in [7, 11) is 0. The number of cyclic esters (lactones) is 2. The molecule has 12 heavy (non-hydrogen) atoms. The highest BCUT2D eigenvalue weighted by atomic mass is 79.9. The fourth-order valence-corrected chi connectivity index (χ4v) is 1.40. The number of carbonyl (C=O) groups excluding carboxylic acids is 2. The van der Waals surface area contributed by atoms with Gasteiger partial charge in [-0.25, -0.2) is 4.79 Å². The molecule has 0 N–H and O–H groups in total. The molecule has 0 atom stereocenters. The van der Waals surface area contributed by atoms with Crippen LogP contribution in [0.5, 0.6) is 0 Å². The first kappa shape index (κ1) is 7.48. The topological polar surface area (TPSA) is 69.4 Å². The van der Waals surface area contributed by atoms with E-state index in [1.165, 1.54) is 0 Å². The number of hydrogen-bond donors (Lipinski definition) is 0. The smallest absolute Gasteiger partial charge is 0.352 e. The molecule has 6 heteroatoms. The number of nitrogens with zero attached hydrogens (tertiary/aromatic N) is 1. The first-order valence-corrected chi connectivity index (χ1v) is 3.87. The quantitative estimate of drug-likeness (QED) is 0.485. The van der Waals surface area contributed by atoms with Gasteiger partial charge in [-0.3, -0.25) is 4.79 Å². The van der Waals surface area contributed by atoms with Crippen molar-refractivity contribution in [3.63, 3.8) is 0 Å². The first-order chi connectivity index (χ1) is 5.68. The summed E-state index contributed by atoms with van der Waals surface area (Å²) in [5.41, 5.74) is 0.203. The number of ether oxygens (including phenoxy) is 1. The highest BCUT2D eigenvalue weighted by molar-refractivity contribution is 9.10. The van der Waals surface area contributed by atoms with Gasteiger partial charge in [0, 0.05) is 0 Å². The van der Waals surface area contributed by atoms with Gasteiger partial charge in [0.15, 0.2) is 10.4 Å². The van der Waals surface area contributed by atoms with E-state index in [4.69, 9.17) is 4.52 Å². The van der Waals surface area contributed by atoms with E-state index < -0.39 is 11.9 Å². The Kier molecular flexibility index (Phi) is 1.50. The van der Waals surface area contributed by atoms with E-state index in [2.05, 4.69) is 25.8 Å². The predicted molar refractivity (Wildman–Crippen MR) is 38.3 cm³/mol. The van der Waals surface area contributed by atoms with Crippen LogP contribution in [0.15, 0.2) is 9.13 Å². The number of esters is 2. The van der Waals surface area contributed by atoms with Crippen molar-refractivity contribution < 1.29 is 18.8 Å². The monoisotopic (exact) mass is 231 g/mol. The van der Waals surface area contributed by atoms with Crippen molar-refractivity contribution in [2.75, 3.05) is 0 Å². The second kappa shape index (κ2) is 2.41. The highest BCUT2D eigenvalue weighted by Crippen LogP contribution is 2.24. The Morgan fingerprint density at radius 2 is 2.17 bits per heavy atom. The van der Waals surface area contributed by atoms with E-state index in [-0.39, 0.29) is 22.3 Å². The molecule has 5 nitrogen and oxygen atoms in total. The molecular formula is C6H2BrNO4. The molecule has 0 bridgehead atoms. The molecule has 1 aromatic rings. The molecule has 1 aromatic heterocycles. The van der Waals surface area contributed by atoms with Gasteiger partial charge in [-0.15, -0.1) is 0 Å². The van der Waals surface area contributed by atoms with Crippen LogP contribution < -0.4 is 0 Å². The lowest BCUT2D eigenvalue weighted by molar-refractivity contribution is -0.138. The molecule has 0 spiro atoms. The van der Waals surface area contributed by atoms with E-state index in [1.807, 2.05) is 0 Å². The fraction of sp³-hybridized carbons (Fsp3) is 0.167. The van der Waals surface area contributed by atoms with Crippen molar-refractivity contribution in [3.8, 4) is 0 Å². The zero-order valence-corrected chi connectivity index (χ0v) is 7.25. The second-order valence-electron chi connectivity index (χ2n) is 2.21. The summed E-state index contributed by atoms with van der Waals surface area (Å²) in [5.74, 6) is -1.08. The molecule has 0 aromatic carbocycles. The maximum absolute atomic E-state index is 11.0. The first-order valence-electron chi connectivity index (χ1n) is 3.07. The Bertz CT molecular complexity index is 370. The van der Waals surface area contributed by atoms with Crippen LogP contribution in [0.3, 0.4) is 0 Å². The maximum atomic E-state index is 11.0. The lowest BCUT2D eigenvalue weighted by Gasteiger charge is -2.06. The number of halogens is 1. The number of aromatic nitrogens is 1. The van der Waals surface area contributed by atoms with Gasteiger partial charge in [0.25, 0.3) is 0 Å². The van der Waals surface area contributed by atoms with E-state index >= 15 is 0 Å². The second-order valence-corrected chi connectivity index (χ2v) is 2.96. The lowest BCUT2D eigenvalue weighted by Crippen LogP contribution is -2.21. The van der Waals surface area contributed by atoms with Gasteiger partial charge in [-0.1, -0.05) is 5.16 Å². The molecule has 0 aliphatic carbocycles. The molecule has 0 unspecified atom stereocenters. The van der Waals surface area contributed by atoms with Gasteiger partial charge in [0.05, 0.1) is 0 Å². The van der Waals surface area contributed by atoms with Crippen LogP contribution in [0.4, 0.5) is 0 Å². The SMILES string of the molecule is O=C1Cc2onc(Br)c2C(=O)O1. The van der Waals surface area contributed by atoms with Crippen LogP contribution in [-0.4, -0.2) is 17.1 Å². The van der Waals surface area contributed by atoms with E-state index in [0.717, 1.165) is 0 Å². The molecule has 1 aliphatic heterocycles. The van der Waals surface area contributed by atoms with Crippen LogP contribution in [0.1, 0.15) is 16.1 Å². The minimum Gasteiger partial charge on any atom is -0.389 e. The summed E-state index contributed by atoms with van der Waals surface area (Å²) in [4.78, 5) is 21.7. The largest absolute Gasteiger partial charge is 0.389 e. The van der Waals surface area contributed by atoms with Crippen LogP contribution in [0.25, 0.3) is 0 Å². The molecule has 0 radical (unpaired) electrons. The van der Waals surface area contributed by atoms with Crippen LogP contribution in [-0.2, 0) is 16.0 Å². The van der Waals surface area contributed by atoms with Gasteiger partial charge in [-0.2, -0.15) is 0 Å². The minimum atomic E-state index is -0.714. The van der Waals surface area contributed by atoms with Crippen molar-refractivity contribution in [1.82, 2.24) is 5.16 Å². The Balaban J connectivity index is 2.57. The number of carbonyl (C=O) groups is 2. The van der Waals surface area contributed by atoms with E-state index in [0.29, 0.717) is 0 Å². The van der Waals surface area contributed by atoms with Gasteiger partial charge < -0.3 is 9.26 Å².